The Bertz CT molecular complexity index is 1430. The topological polar surface area (TPSA) is 101 Å². The molecule has 0 spiro atoms. The van der Waals surface area contributed by atoms with Gasteiger partial charge >= 0.3 is 16.4 Å². The fourth-order valence-electron chi connectivity index (χ4n) is 4.10. The summed E-state index contributed by atoms with van der Waals surface area (Å²) in [5, 5.41) is 5.15. The molecule has 0 aliphatic carbocycles. The van der Waals surface area contributed by atoms with Gasteiger partial charge in [-0.2, -0.15) is 25.9 Å². The van der Waals surface area contributed by atoms with Gasteiger partial charge in [0.25, 0.3) is 11.5 Å². The monoisotopic (exact) mass is 612 g/mol. The summed E-state index contributed by atoms with van der Waals surface area (Å²) < 4.78 is 82.8. The van der Waals surface area contributed by atoms with Crippen molar-refractivity contribution in [2.24, 2.45) is 5.16 Å². The molecule has 2 heterocycles. The Kier molecular flexibility index (Phi) is 7.93. The summed E-state index contributed by atoms with van der Waals surface area (Å²) in [6.45, 7) is 1.41. The molecule has 2 aliphatic heterocycles. The van der Waals surface area contributed by atoms with Crippen LogP contribution in [-0.2, 0) is 25.5 Å². The van der Waals surface area contributed by atoms with E-state index in [1.54, 1.807) is 6.92 Å². The van der Waals surface area contributed by atoms with Crippen LogP contribution >= 0.6 is 23.2 Å². The molecule has 2 atom stereocenters. The third kappa shape index (κ3) is 5.45. The summed E-state index contributed by atoms with van der Waals surface area (Å²) in [7, 11) is -1.14. The predicted octanol–water partition coefficient (Wildman–Crippen LogP) is 4.18. The molecule has 1 N–H and O–H groups in total. The van der Waals surface area contributed by atoms with Gasteiger partial charge in [-0.05, 0) is 42.3 Å². The van der Waals surface area contributed by atoms with Crippen molar-refractivity contribution in [3.05, 3.63) is 68.4 Å². The average molecular weight is 613 g/mol. The van der Waals surface area contributed by atoms with Crippen molar-refractivity contribution in [3.63, 3.8) is 0 Å². The van der Waals surface area contributed by atoms with Gasteiger partial charge in [-0.25, -0.2) is 4.39 Å². The van der Waals surface area contributed by atoms with Crippen molar-refractivity contribution >= 4 is 45.0 Å². The Morgan fingerprint density at radius 1 is 1.21 bits per heavy atom. The van der Waals surface area contributed by atoms with Crippen molar-refractivity contribution in [2.75, 3.05) is 27.2 Å². The number of hydrogen-bond acceptors (Lipinski definition) is 6. The molecule has 1 unspecified atom stereocenters. The molecule has 2 aliphatic rings. The number of halogens is 6. The van der Waals surface area contributed by atoms with Crippen LogP contribution in [0.2, 0.25) is 10.0 Å². The first-order chi connectivity index (χ1) is 18.1. The lowest BCUT2D eigenvalue weighted by atomic mass is 9.86. The maximum absolute atomic E-state index is 14.3. The molecule has 2 aromatic rings. The lowest BCUT2D eigenvalue weighted by Crippen LogP contribution is -2.42. The fraction of sp³-hybridized carbons (Fsp3) is 0.391. The minimum Gasteiger partial charge on any atom is -0.374 e. The number of nitrogens with one attached hydrogen (secondary N) is 1. The number of rotatable bonds is 6. The van der Waals surface area contributed by atoms with Gasteiger partial charge in [0, 0.05) is 31.6 Å². The Labute approximate surface area is 231 Å². The molecule has 212 valence electrons. The summed E-state index contributed by atoms with van der Waals surface area (Å²) >= 11 is 11.5. The quantitative estimate of drug-likeness (QED) is 0.390. The zero-order chi connectivity index (χ0) is 28.9. The Balaban J connectivity index is 1.52. The lowest BCUT2D eigenvalue weighted by molar-refractivity contribution is -0.275. The summed E-state index contributed by atoms with van der Waals surface area (Å²) in [5.74, 6) is -1.58. The number of carbonyl (C=O) groups is 1. The molecule has 0 bridgehead atoms. The first-order valence-electron chi connectivity index (χ1n) is 11.3. The lowest BCUT2D eigenvalue weighted by Gasteiger charge is -2.29. The van der Waals surface area contributed by atoms with E-state index >= 15 is 0 Å². The van der Waals surface area contributed by atoms with Crippen LogP contribution < -0.4 is 5.32 Å². The number of benzene rings is 2. The first-order valence-corrected chi connectivity index (χ1v) is 13.4. The van der Waals surface area contributed by atoms with Gasteiger partial charge in [0.15, 0.2) is 5.82 Å². The van der Waals surface area contributed by atoms with Crippen LogP contribution in [-0.4, -0.2) is 68.3 Å². The van der Waals surface area contributed by atoms with E-state index in [-0.39, 0.29) is 30.0 Å². The molecule has 39 heavy (non-hydrogen) atoms. The summed E-state index contributed by atoms with van der Waals surface area (Å²) in [6.07, 6.45) is -5.72. The highest BCUT2D eigenvalue weighted by Gasteiger charge is 2.62. The zero-order valence-corrected chi connectivity index (χ0v) is 23.0. The Morgan fingerprint density at radius 2 is 1.85 bits per heavy atom. The van der Waals surface area contributed by atoms with Crippen molar-refractivity contribution in [1.82, 2.24) is 14.1 Å². The van der Waals surface area contributed by atoms with Crippen molar-refractivity contribution in [1.29, 1.82) is 0 Å². The van der Waals surface area contributed by atoms with Crippen LogP contribution in [0.1, 0.15) is 33.5 Å². The second kappa shape index (κ2) is 10.5. The van der Waals surface area contributed by atoms with Gasteiger partial charge < -0.3 is 10.2 Å². The number of hydrogen-bond donors (Lipinski definition) is 1. The molecular weight excluding hydrogens is 591 g/mol. The highest BCUT2D eigenvalue weighted by molar-refractivity contribution is 7.86. The smallest absolute Gasteiger partial charge is 0.374 e. The Hall–Kier alpha value is -2.49. The molecular formula is C23H22Cl2F4N4O5S. The van der Waals surface area contributed by atoms with E-state index in [1.165, 1.54) is 32.3 Å². The maximum atomic E-state index is 14.3. The first kappa shape index (κ1) is 29.5. The molecule has 4 rings (SSSR count). The second-order valence-electron chi connectivity index (χ2n) is 9.16. The summed E-state index contributed by atoms with van der Waals surface area (Å²) in [6, 6.07) is 5.26. The van der Waals surface area contributed by atoms with E-state index in [0.29, 0.717) is 5.56 Å². The molecule has 0 radical (unpaired) electrons. The molecule has 16 heteroatoms. The van der Waals surface area contributed by atoms with Gasteiger partial charge in [-0.3, -0.25) is 9.63 Å². The van der Waals surface area contributed by atoms with Gasteiger partial charge in [0.2, 0.25) is 0 Å². The SMILES string of the molecule is Cc1cc(C2=NO[C@@](c3cc(Cl)c(F)c(Cl)c3)(C(F)(F)F)C2)ccc1C(=O)NC1CON(S(=O)(=O)N(C)C)C1. The number of nitrogens with zero attached hydrogens (tertiary/aromatic N) is 3. The van der Waals surface area contributed by atoms with Crippen LogP contribution in [0.4, 0.5) is 17.6 Å². The molecule has 1 saturated heterocycles. The molecule has 1 amide bonds. The summed E-state index contributed by atoms with van der Waals surface area (Å²) in [5.41, 5.74) is -2.63. The Morgan fingerprint density at radius 3 is 2.41 bits per heavy atom. The van der Waals surface area contributed by atoms with Crippen molar-refractivity contribution < 1.29 is 40.4 Å². The minimum atomic E-state index is -4.96. The highest BCUT2D eigenvalue weighted by atomic mass is 35.5. The van der Waals surface area contributed by atoms with E-state index in [2.05, 4.69) is 10.5 Å². The maximum Gasteiger partial charge on any atom is 0.435 e. The van der Waals surface area contributed by atoms with Crippen LogP contribution in [0, 0.1) is 12.7 Å². The van der Waals surface area contributed by atoms with Crippen LogP contribution in [0.15, 0.2) is 35.5 Å². The van der Waals surface area contributed by atoms with Gasteiger partial charge in [-0.1, -0.05) is 38.9 Å². The minimum absolute atomic E-state index is 0.0623. The number of carbonyl (C=O) groups excluding carboxylic acids is 1. The molecule has 0 saturated carbocycles. The standard InChI is InChI=1S/C23H22Cl2F4N4O5S/c1-12-6-13(4-5-16(12)21(34)30-15-10-33(37-11-15)39(35,36)32(2)3)19-9-22(38-31-19,23(27,28)29)14-7-17(24)20(26)18(25)8-14/h4-8,15H,9-11H2,1-3H3,(H,30,34)/t15?,22-/m0/s1. The zero-order valence-electron chi connectivity index (χ0n) is 20.6. The predicted molar refractivity (Wildman–Crippen MR) is 134 cm³/mol. The van der Waals surface area contributed by atoms with Crippen molar-refractivity contribution in [2.45, 2.75) is 31.2 Å². The number of oxime groups is 1. The normalized spacial score (nSPS) is 22.2. The van der Waals surface area contributed by atoms with E-state index in [4.69, 9.17) is 32.9 Å². The number of hydroxylamine groups is 1. The van der Waals surface area contributed by atoms with Gasteiger partial charge in [-0.15, -0.1) is 0 Å². The molecule has 2 aromatic carbocycles. The largest absolute Gasteiger partial charge is 0.435 e. The third-order valence-corrected chi connectivity index (χ3v) is 8.53. The fourth-order valence-corrected chi connectivity index (χ4v) is 5.51. The van der Waals surface area contributed by atoms with E-state index in [9.17, 15) is 30.8 Å². The average Bonchev–Trinajstić information content (AvgIpc) is 3.50. The van der Waals surface area contributed by atoms with E-state index < -0.39 is 61.8 Å². The third-order valence-electron chi connectivity index (χ3n) is 6.28. The number of amides is 1. The molecule has 1 fully saturated rings. The van der Waals surface area contributed by atoms with Crippen LogP contribution in [0.3, 0.4) is 0 Å². The van der Waals surface area contributed by atoms with Gasteiger partial charge in [0.05, 0.1) is 35.0 Å². The van der Waals surface area contributed by atoms with Gasteiger partial charge in [0.1, 0.15) is 0 Å². The number of alkyl halides is 3. The molecule has 9 nitrogen and oxygen atoms in total. The van der Waals surface area contributed by atoms with E-state index in [0.717, 1.165) is 20.9 Å². The summed E-state index contributed by atoms with van der Waals surface area (Å²) in [4.78, 5) is 23.0. The van der Waals surface area contributed by atoms with Crippen LogP contribution in [0.5, 0.6) is 0 Å². The van der Waals surface area contributed by atoms with E-state index in [1.807, 2.05) is 0 Å². The highest BCUT2D eigenvalue weighted by Crippen LogP contribution is 2.50. The van der Waals surface area contributed by atoms with Crippen molar-refractivity contribution in [3.8, 4) is 0 Å². The molecule has 0 aromatic heterocycles. The second-order valence-corrected chi connectivity index (χ2v) is 12.0. The number of aryl methyl sites for hydroxylation is 1. The van der Waals surface area contributed by atoms with Crippen LogP contribution in [0.25, 0.3) is 0 Å².